The molecule has 0 spiro atoms. The second kappa shape index (κ2) is 8.16. The van der Waals surface area contributed by atoms with Crippen molar-refractivity contribution in [3.8, 4) is 28.4 Å². The summed E-state index contributed by atoms with van der Waals surface area (Å²) in [7, 11) is 3.02. The number of nitro groups is 1. The van der Waals surface area contributed by atoms with Crippen molar-refractivity contribution in [2.45, 2.75) is 25.7 Å². The van der Waals surface area contributed by atoms with Crippen molar-refractivity contribution in [2.24, 2.45) is 0 Å². The van der Waals surface area contributed by atoms with Crippen LogP contribution in [-0.2, 0) is 12.8 Å². The van der Waals surface area contributed by atoms with E-state index >= 15 is 0 Å². The number of nitro benzene ring substituents is 1. The number of hydrogen-bond acceptors (Lipinski definition) is 5. The maximum atomic E-state index is 11.6. The number of ether oxygens (including phenoxy) is 2. The van der Waals surface area contributed by atoms with E-state index in [1.165, 1.54) is 20.3 Å². The molecule has 0 saturated heterocycles. The molecule has 0 fully saturated rings. The van der Waals surface area contributed by atoms with Gasteiger partial charge in [0.2, 0.25) is 0 Å². The maximum Gasteiger partial charge on any atom is 0.278 e. The fourth-order valence-electron chi connectivity index (χ4n) is 3.89. The van der Waals surface area contributed by atoms with E-state index < -0.39 is 4.92 Å². The number of fused-ring (bicyclic) bond motifs is 1. The lowest BCUT2D eigenvalue weighted by atomic mass is 9.93. The van der Waals surface area contributed by atoms with Gasteiger partial charge in [0, 0.05) is 23.4 Å². The van der Waals surface area contributed by atoms with E-state index in [2.05, 4.69) is 0 Å². The molecule has 0 unspecified atom stereocenters. The molecule has 0 saturated carbocycles. The Kier molecular flexibility index (Phi) is 5.58. The van der Waals surface area contributed by atoms with Crippen molar-refractivity contribution in [1.29, 1.82) is 0 Å². The zero-order valence-corrected chi connectivity index (χ0v) is 18.0. The fraction of sp³-hybridized carbons (Fsp3) is 0.286. The van der Waals surface area contributed by atoms with Crippen LogP contribution in [0.15, 0.2) is 30.3 Å². The first kappa shape index (κ1) is 20.5. The third-order valence-corrected chi connectivity index (χ3v) is 6.03. The van der Waals surface area contributed by atoms with Crippen LogP contribution in [0.25, 0.3) is 16.9 Å². The summed E-state index contributed by atoms with van der Waals surface area (Å²) < 4.78 is 12.5. The highest BCUT2D eigenvalue weighted by Crippen LogP contribution is 2.45. The number of benzene rings is 2. The third kappa shape index (κ3) is 3.28. The molecule has 0 amide bonds. The highest BCUT2D eigenvalue weighted by Gasteiger charge is 2.29. The van der Waals surface area contributed by atoms with E-state index in [-0.39, 0.29) is 5.69 Å². The van der Waals surface area contributed by atoms with Gasteiger partial charge in [-0.15, -0.1) is 0 Å². The summed E-state index contributed by atoms with van der Waals surface area (Å²) in [4.78, 5) is 11.2. The molecule has 0 N–H and O–H groups in total. The fourth-order valence-corrected chi connectivity index (χ4v) is 4.55. The number of hydrogen-bond donors (Lipinski definition) is 0. The van der Waals surface area contributed by atoms with Crippen LogP contribution in [0.4, 0.5) is 5.69 Å². The molecule has 7 nitrogen and oxygen atoms in total. The van der Waals surface area contributed by atoms with Crippen LogP contribution in [0.5, 0.6) is 11.5 Å². The second-order valence-corrected chi connectivity index (χ2v) is 7.68. The van der Waals surface area contributed by atoms with Gasteiger partial charge in [-0.3, -0.25) is 10.1 Å². The highest BCUT2D eigenvalue weighted by atomic mass is 35.5. The van der Waals surface area contributed by atoms with Crippen LogP contribution in [0.1, 0.15) is 24.1 Å². The Morgan fingerprint density at radius 3 is 2.33 bits per heavy atom. The Labute approximate surface area is 183 Å². The summed E-state index contributed by atoms with van der Waals surface area (Å²) in [5.74, 6) is 0.806. The normalized spacial score (nSPS) is 13.1. The van der Waals surface area contributed by atoms with E-state index in [1.807, 2.05) is 0 Å². The number of halogens is 2. The molecule has 0 bridgehead atoms. The molecular weight excluding hydrogens is 429 g/mol. The second-order valence-electron chi connectivity index (χ2n) is 6.92. The Hall–Kier alpha value is -2.77. The number of nitrogens with zero attached hydrogens (tertiary/aromatic N) is 3. The molecule has 2 aromatic carbocycles. The Morgan fingerprint density at radius 2 is 1.70 bits per heavy atom. The lowest BCUT2D eigenvalue weighted by Gasteiger charge is -2.18. The number of methoxy groups -OCH3 is 2. The number of aromatic nitrogens is 2. The minimum absolute atomic E-state index is 0.0101. The molecule has 156 valence electrons. The van der Waals surface area contributed by atoms with E-state index in [9.17, 15) is 10.1 Å². The Bertz CT molecular complexity index is 1120. The van der Waals surface area contributed by atoms with Gasteiger partial charge in [-0.05, 0) is 31.7 Å². The van der Waals surface area contributed by atoms with E-state index in [0.717, 1.165) is 36.9 Å². The predicted molar refractivity (Wildman–Crippen MR) is 115 cm³/mol. The minimum atomic E-state index is -0.391. The smallest absolute Gasteiger partial charge is 0.278 e. The van der Waals surface area contributed by atoms with Crippen LogP contribution in [0, 0.1) is 10.1 Å². The summed E-state index contributed by atoms with van der Waals surface area (Å²) in [6.07, 6.45) is 3.49. The van der Waals surface area contributed by atoms with Gasteiger partial charge in [0.05, 0.1) is 24.7 Å². The van der Waals surface area contributed by atoms with E-state index in [0.29, 0.717) is 38.5 Å². The Balaban J connectivity index is 2.03. The molecule has 4 rings (SSSR count). The first-order valence-electron chi connectivity index (χ1n) is 9.42. The molecular formula is C21H19Cl2N3O4. The van der Waals surface area contributed by atoms with Crippen molar-refractivity contribution in [2.75, 3.05) is 14.2 Å². The maximum absolute atomic E-state index is 11.6. The molecule has 0 radical (unpaired) electrons. The topological polar surface area (TPSA) is 79.4 Å². The average molecular weight is 448 g/mol. The predicted octanol–water partition coefficient (Wildman–Crippen LogP) is 5.65. The first-order valence-corrected chi connectivity index (χ1v) is 10.2. The largest absolute Gasteiger partial charge is 0.495 e. The molecule has 1 aliphatic rings. The summed E-state index contributed by atoms with van der Waals surface area (Å²) in [5.41, 5.74) is 3.42. The standard InChI is InChI=1S/C21H19Cl2N3O4/c1-29-16-11-17(30-2)19(23)21(18(16)22)25-14-9-5-3-7-12(14)20(24-25)13-8-4-6-10-15(13)26(27)28/h4,6,8,10-11H,3,5,7,9H2,1-2H3. The van der Waals surface area contributed by atoms with E-state index in [4.69, 9.17) is 37.8 Å². The van der Waals surface area contributed by atoms with Crippen LogP contribution < -0.4 is 9.47 Å². The van der Waals surface area contributed by atoms with Gasteiger partial charge in [-0.25, -0.2) is 4.68 Å². The lowest BCUT2D eigenvalue weighted by Crippen LogP contribution is -2.09. The van der Waals surface area contributed by atoms with Gasteiger partial charge in [0.15, 0.2) is 0 Å². The molecule has 0 aliphatic heterocycles. The lowest BCUT2D eigenvalue weighted by molar-refractivity contribution is -0.384. The van der Waals surface area contributed by atoms with Gasteiger partial charge in [0.1, 0.15) is 32.9 Å². The SMILES string of the molecule is COc1cc(OC)c(Cl)c(-n2nc(-c3ccccc3[N+](=O)[O-])c3c2CCCC3)c1Cl. The highest BCUT2D eigenvalue weighted by molar-refractivity contribution is 6.39. The van der Waals surface area contributed by atoms with Crippen LogP contribution >= 0.6 is 23.2 Å². The van der Waals surface area contributed by atoms with Crippen molar-refractivity contribution >= 4 is 28.9 Å². The quantitative estimate of drug-likeness (QED) is 0.372. The minimum Gasteiger partial charge on any atom is -0.495 e. The zero-order chi connectivity index (χ0) is 21.4. The number of rotatable bonds is 5. The third-order valence-electron chi connectivity index (χ3n) is 5.30. The Morgan fingerprint density at radius 1 is 1.07 bits per heavy atom. The van der Waals surface area contributed by atoms with Gasteiger partial charge >= 0.3 is 0 Å². The van der Waals surface area contributed by atoms with Crippen molar-refractivity contribution in [3.05, 3.63) is 61.7 Å². The van der Waals surface area contributed by atoms with Crippen LogP contribution in [0.3, 0.4) is 0 Å². The molecule has 3 aromatic rings. The van der Waals surface area contributed by atoms with Gasteiger partial charge in [-0.1, -0.05) is 35.3 Å². The van der Waals surface area contributed by atoms with Gasteiger partial charge < -0.3 is 9.47 Å². The van der Waals surface area contributed by atoms with Crippen molar-refractivity contribution < 1.29 is 14.4 Å². The molecule has 1 aromatic heterocycles. The monoisotopic (exact) mass is 447 g/mol. The van der Waals surface area contributed by atoms with Crippen LogP contribution in [-0.4, -0.2) is 28.9 Å². The average Bonchev–Trinajstić information content (AvgIpc) is 3.13. The molecule has 9 heteroatoms. The molecule has 0 atom stereocenters. The summed E-state index contributed by atoms with van der Waals surface area (Å²) in [6, 6.07) is 8.23. The number of para-hydroxylation sites is 1. The van der Waals surface area contributed by atoms with Crippen molar-refractivity contribution in [1.82, 2.24) is 9.78 Å². The van der Waals surface area contributed by atoms with Gasteiger partial charge in [0.25, 0.3) is 5.69 Å². The molecule has 30 heavy (non-hydrogen) atoms. The van der Waals surface area contributed by atoms with Crippen LogP contribution in [0.2, 0.25) is 10.0 Å². The van der Waals surface area contributed by atoms with Gasteiger partial charge in [-0.2, -0.15) is 5.10 Å². The molecule has 1 aliphatic carbocycles. The first-order chi connectivity index (χ1) is 14.5. The van der Waals surface area contributed by atoms with Crippen molar-refractivity contribution in [3.63, 3.8) is 0 Å². The molecule has 1 heterocycles. The van der Waals surface area contributed by atoms with E-state index in [1.54, 1.807) is 28.9 Å². The zero-order valence-electron chi connectivity index (χ0n) is 16.4. The summed E-state index contributed by atoms with van der Waals surface area (Å²) >= 11 is 13.2. The summed E-state index contributed by atoms with van der Waals surface area (Å²) in [6.45, 7) is 0. The summed E-state index contributed by atoms with van der Waals surface area (Å²) in [5, 5.41) is 17.0.